The number of amides is 4. The third-order valence-corrected chi connectivity index (χ3v) is 7.05. The lowest BCUT2D eigenvalue weighted by Crippen LogP contribution is -2.49. The van der Waals surface area contributed by atoms with Crippen LogP contribution < -0.4 is 21.1 Å². The molecule has 1 aromatic heterocycles. The molecule has 2 aromatic rings. The fourth-order valence-corrected chi connectivity index (χ4v) is 5.05. The Hall–Kier alpha value is -3.31. The first-order valence-corrected chi connectivity index (χ1v) is 12.6. The molecule has 0 unspecified atom stereocenters. The molecular weight excluding hydrogens is 470 g/mol. The molecule has 0 spiro atoms. The highest BCUT2D eigenvalue weighted by Gasteiger charge is 2.26. The van der Waals surface area contributed by atoms with Gasteiger partial charge in [0.1, 0.15) is 17.4 Å². The van der Waals surface area contributed by atoms with Gasteiger partial charge < -0.3 is 30.7 Å². The summed E-state index contributed by atoms with van der Waals surface area (Å²) in [4.78, 5) is 40.2. The van der Waals surface area contributed by atoms with E-state index in [0.29, 0.717) is 31.0 Å². The molecule has 3 rings (SSSR count). The molecule has 10 nitrogen and oxygen atoms in total. The monoisotopic (exact) mass is 503 g/mol. The molecule has 5 N–H and O–H groups in total. The van der Waals surface area contributed by atoms with Gasteiger partial charge in [-0.15, -0.1) is 11.3 Å². The van der Waals surface area contributed by atoms with Gasteiger partial charge in [-0.2, -0.15) is 0 Å². The molecule has 1 aliphatic heterocycles. The molecule has 0 bridgehead atoms. The SMILES string of the molecule is CCN(CC)CCOc1ccc(-c2cc(C(=O)N[C@H]3CCCN(C(=O)O)C3)c(NC(N)=O)s2)cc1. The molecule has 0 radical (unpaired) electrons. The number of carbonyl (C=O) groups excluding carboxylic acids is 2. The van der Waals surface area contributed by atoms with Crippen molar-refractivity contribution in [3.63, 3.8) is 0 Å². The fourth-order valence-electron chi connectivity index (χ4n) is 3.99. The number of thiophene rings is 1. The van der Waals surface area contributed by atoms with Crippen molar-refractivity contribution in [3.8, 4) is 16.2 Å². The van der Waals surface area contributed by atoms with E-state index in [4.69, 9.17) is 10.5 Å². The minimum absolute atomic E-state index is 0.229. The summed E-state index contributed by atoms with van der Waals surface area (Å²) in [5, 5.41) is 15.0. The highest BCUT2D eigenvalue weighted by Crippen LogP contribution is 2.36. The number of hydrogen-bond acceptors (Lipinski definition) is 6. The van der Waals surface area contributed by atoms with Crippen LogP contribution in [0, 0.1) is 0 Å². The van der Waals surface area contributed by atoms with Gasteiger partial charge in [-0.25, -0.2) is 9.59 Å². The second-order valence-electron chi connectivity index (χ2n) is 8.28. The number of likely N-dealkylation sites (tertiary alicyclic amines) is 1. The van der Waals surface area contributed by atoms with Gasteiger partial charge in [0.15, 0.2) is 0 Å². The van der Waals surface area contributed by atoms with E-state index in [1.54, 1.807) is 6.07 Å². The van der Waals surface area contributed by atoms with Crippen molar-refractivity contribution in [1.82, 2.24) is 15.1 Å². The Morgan fingerprint density at radius 3 is 2.57 bits per heavy atom. The number of ether oxygens (including phenoxy) is 1. The molecule has 11 heteroatoms. The van der Waals surface area contributed by atoms with E-state index in [-0.39, 0.29) is 24.1 Å². The Morgan fingerprint density at radius 2 is 1.94 bits per heavy atom. The molecule has 1 aliphatic rings. The maximum atomic E-state index is 13.0. The molecule has 0 aliphatic carbocycles. The molecule has 190 valence electrons. The molecule has 4 amide bonds. The lowest BCUT2D eigenvalue weighted by molar-refractivity contribution is 0.0889. The van der Waals surface area contributed by atoms with E-state index >= 15 is 0 Å². The van der Waals surface area contributed by atoms with E-state index in [9.17, 15) is 19.5 Å². The van der Waals surface area contributed by atoms with Crippen LogP contribution in [-0.4, -0.2) is 78.3 Å². The van der Waals surface area contributed by atoms with Gasteiger partial charge in [0.05, 0.1) is 5.56 Å². The number of anilines is 1. The Morgan fingerprint density at radius 1 is 1.23 bits per heavy atom. The Balaban J connectivity index is 1.70. The maximum Gasteiger partial charge on any atom is 0.407 e. The largest absolute Gasteiger partial charge is 0.492 e. The van der Waals surface area contributed by atoms with Crippen molar-refractivity contribution in [2.45, 2.75) is 32.7 Å². The first-order chi connectivity index (χ1) is 16.8. The second-order valence-corrected chi connectivity index (χ2v) is 9.34. The van der Waals surface area contributed by atoms with Crippen LogP contribution in [0.25, 0.3) is 10.4 Å². The number of piperidine rings is 1. The normalized spacial score (nSPS) is 15.6. The first-order valence-electron chi connectivity index (χ1n) is 11.7. The number of likely N-dealkylation sites (N-methyl/N-ethyl adjacent to an activating group) is 1. The van der Waals surface area contributed by atoms with Crippen LogP contribution in [0.5, 0.6) is 5.75 Å². The summed E-state index contributed by atoms with van der Waals surface area (Å²) in [5.41, 5.74) is 6.47. The third-order valence-electron chi connectivity index (χ3n) is 5.95. The second kappa shape index (κ2) is 12.4. The standard InChI is InChI=1S/C24H33N5O5S/c1-3-28(4-2)12-13-34-18-9-7-16(8-10-18)20-14-19(22(35-20)27-23(25)31)21(30)26-17-6-5-11-29(15-17)24(32)33/h7-10,14,17H,3-6,11-13,15H2,1-2H3,(H,26,30)(H,32,33)(H3,25,27,31)/t17-/m0/s1. The van der Waals surface area contributed by atoms with E-state index in [2.05, 4.69) is 29.4 Å². The minimum atomic E-state index is -1.00. The summed E-state index contributed by atoms with van der Waals surface area (Å²) >= 11 is 1.25. The molecule has 1 fully saturated rings. The number of carbonyl (C=O) groups is 3. The zero-order valence-electron chi connectivity index (χ0n) is 20.1. The molecule has 1 atom stereocenters. The number of nitrogens with two attached hydrogens (primary N) is 1. The van der Waals surface area contributed by atoms with Gasteiger partial charge in [-0.05, 0) is 61.8 Å². The Bertz CT molecular complexity index is 1020. The van der Waals surface area contributed by atoms with E-state index in [0.717, 1.165) is 35.8 Å². The number of rotatable bonds is 10. The van der Waals surface area contributed by atoms with Gasteiger partial charge in [0.2, 0.25) is 0 Å². The predicted molar refractivity (Wildman–Crippen MR) is 136 cm³/mol. The average Bonchev–Trinajstić information content (AvgIpc) is 3.25. The van der Waals surface area contributed by atoms with Crippen LogP contribution >= 0.6 is 11.3 Å². The zero-order chi connectivity index (χ0) is 25.4. The first kappa shape index (κ1) is 26.3. The summed E-state index contributed by atoms with van der Waals surface area (Å²) in [5.74, 6) is 0.371. The number of nitrogens with zero attached hydrogens (tertiary/aromatic N) is 2. The van der Waals surface area contributed by atoms with Gasteiger partial charge in [0, 0.05) is 30.6 Å². The fraction of sp³-hybridized carbons (Fsp3) is 0.458. The summed E-state index contributed by atoms with van der Waals surface area (Å²) in [6, 6.07) is 8.20. The Kier molecular flexibility index (Phi) is 9.32. The van der Waals surface area contributed by atoms with Crippen LogP contribution in [0.15, 0.2) is 30.3 Å². The molecule has 1 saturated heterocycles. The number of primary amides is 1. The third kappa shape index (κ3) is 7.33. The molecule has 2 heterocycles. The highest BCUT2D eigenvalue weighted by atomic mass is 32.1. The van der Waals surface area contributed by atoms with Crippen molar-refractivity contribution in [2.75, 3.05) is 44.6 Å². The zero-order valence-corrected chi connectivity index (χ0v) is 20.9. The number of hydrogen-bond donors (Lipinski definition) is 4. The summed E-state index contributed by atoms with van der Waals surface area (Å²) in [6.45, 7) is 8.33. The van der Waals surface area contributed by atoms with E-state index in [1.807, 2.05) is 24.3 Å². The number of benzene rings is 1. The smallest absolute Gasteiger partial charge is 0.407 e. The highest BCUT2D eigenvalue weighted by molar-refractivity contribution is 7.20. The lowest BCUT2D eigenvalue weighted by Gasteiger charge is -2.31. The summed E-state index contributed by atoms with van der Waals surface area (Å²) in [7, 11) is 0. The van der Waals surface area contributed by atoms with E-state index in [1.165, 1.54) is 16.2 Å². The topological polar surface area (TPSA) is 137 Å². The molecule has 1 aromatic carbocycles. The average molecular weight is 504 g/mol. The quantitative estimate of drug-likeness (QED) is 0.392. The van der Waals surface area contributed by atoms with Crippen molar-refractivity contribution in [1.29, 1.82) is 0 Å². The lowest BCUT2D eigenvalue weighted by atomic mass is 10.1. The van der Waals surface area contributed by atoms with Gasteiger partial charge in [0.25, 0.3) is 5.91 Å². The van der Waals surface area contributed by atoms with Gasteiger partial charge in [-0.3, -0.25) is 10.1 Å². The van der Waals surface area contributed by atoms with Crippen LogP contribution in [0.1, 0.15) is 37.0 Å². The predicted octanol–water partition coefficient (Wildman–Crippen LogP) is 3.50. The van der Waals surface area contributed by atoms with Gasteiger partial charge >= 0.3 is 12.1 Å². The number of urea groups is 1. The van der Waals surface area contributed by atoms with Crippen molar-refractivity contribution >= 4 is 34.4 Å². The van der Waals surface area contributed by atoms with Crippen LogP contribution in [0.2, 0.25) is 0 Å². The Labute approximate surface area is 209 Å². The molecule has 0 saturated carbocycles. The maximum absolute atomic E-state index is 13.0. The van der Waals surface area contributed by atoms with Gasteiger partial charge in [-0.1, -0.05) is 13.8 Å². The minimum Gasteiger partial charge on any atom is -0.492 e. The summed E-state index contributed by atoms with van der Waals surface area (Å²) in [6.07, 6.45) is 0.348. The number of nitrogens with one attached hydrogen (secondary N) is 2. The molecular formula is C24H33N5O5S. The van der Waals surface area contributed by atoms with Crippen molar-refractivity contribution < 1.29 is 24.2 Å². The van der Waals surface area contributed by atoms with Crippen LogP contribution in [-0.2, 0) is 0 Å². The van der Waals surface area contributed by atoms with Crippen LogP contribution in [0.4, 0.5) is 14.6 Å². The van der Waals surface area contributed by atoms with Crippen LogP contribution in [0.3, 0.4) is 0 Å². The van der Waals surface area contributed by atoms with Crippen molar-refractivity contribution in [2.24, 2.45) is 5.73 Å². The molecule has 35 heavy (non-hydrogen) atoms. The van der Waals surface area contributed by atoms with E-state index < -0.39 is 12.1 Å². The number of carboxylic acid groups (broad SMARTS) is 1. The summed E-state index contributed by atoms with van der Waals surface area (Å²) < 4.78 is 5.84. The van der Waals surface area contributed by atoms with Crippen molar-refractivity contribution in [3.05, 3.63) is 35.9 Å².